The number of pyridine rings is 1. The van der Waals surface area contributed by atoms with Crippen LogP contribution < -0.4 is 9.63 Å². The maximum absolute atomic E-state index is 15.3. The molecular formula is C25H25F2N3O2S. The SMILES string of the molecule is CCSc1c(N2CCN(C)CC2)c(F)cc2cc(C(=O)C=Cc3ccc(F)cc3)c[n+]([O-])c12. The zero-order chi connectivity index (χ0) is 23.5. The molecule has 0 unspecified atom stereocenters. The molecule has 2 aromatic carbocycles. The van der Waals surface area contributed by atoms with Crippen LogP contribution in [0.4, 0.5) is 14.5 Å². The van der Waals surface area contributed by atoms with Crippen molar-refractivity contribution in [3.8, 4) is 0 Å². The Kier molecular flexibility index (Phi) is 6.95. The summed E-state index contributed by atoms with van der Waals surface area (Å²) in [6.07, 6.45) is 4.12. The summed E-state index contributed by atoms with van der Waals surface area (Å²) >= 11 is 1.43. The van der Waals surface area contributed by atoms with E-state index in [0.717, 1.165) is 13.1 Å². The van der Waals surface area contributed by atoms with Gasteiger partial charge in [0.1, 0.15) is 16.5 Å². The fourth-order valence-electron chi connectivity index (χ4n) is 3.94. The van der Waals surface area contributed by atoms with Crippen LogP contribution in [0.3, 0.4) is 0 Å². The topological polar surface area (TPSA) is 50.5 Å². The second-order valence-electron chi connectivity index (χ2n) is 8.00. The van der Waals surface area contributed by atoms with Crippen LogP contribution in [-0.2, 0) is 0 Å². The van der Waals surface area contributed by atoms with E-state index in [1.54, 1.807) is 24.3 Å². The number of likely N-dealkylation sites (N-methyl/N-ethyl adjacent to an activating group) is 1. The van der Waals surface area contributed by atoms with Crippen molar-refractivity contribution in [3.63, 3.8) is 0 Å². The molecule has 1 fully saturated rings. The maximum Gasteiger partial charge on any atom is 0.239 e. The standard InChI is InChI=1S/C25H25F2N3O2S/c1-3-33-25-23-18(15-21(27)24(25)29-12-10-28(2)11-13-29)14-19(16-30(23)32)22(31)9-6-17-4-7-20(26)8-5-17/h4-9,14-16H,3,10-13H2,1-2H3. The number of anilines is 1. The largest absolute Gasteiger partial charge is 0.618 e. The highest BCUT2D eigenvalue weighted by atomic mass is 32.2. The van der Waals surface area contributed by atoms with E-state index in [4.69, 9.17) is 0 Å². The molecule has 0 N–H and O–H groups in total. The van der Waals surface area contributed by atoms with E-state index in [1.807, 2.05) is 18.9 Å². The van der Waals surface area contributed by atoms with Gasteiger partial charge in [-0.15, -0.1) is 11.8 Å². The van der Waals surface area contributed by atoms with Crippen molar-refractivity contribution in [2.45, 2.75) is 11.8 Å². The lowest BCUT2D eigenvalue weighted by Crippen LogP contribution is -2.45. The molecule has 5 nitrogen and oxygen atoms in total. The number of carbonyl (C=O) groups excluding carboxylic acids is 1. The van der Waals surface area contributed by atoms with Gasteiger partial charge in [0, 0.05) is 26.2 Å². The molecule has 0 bridgehead atoms. The van der Waals surface area contributed by atoms with Crippen LogP contribution >= 0.6 is 11.8 Å². The summed E-state index contributed by atoms with van der Waals surface area (Å²) in [5.74, 6) is -0.465. The Morgan fingerprint density at radius 3 is 2.52 bits per heavy atom. The van der Waals surface area contributed by atoms with E-state index >= 15 is 4.39 Å². The van der Waals surface area contributed by atoms with Crippen molar-refractivity contribution in [1.29, 1.82) is 0 Å². The minimum atomic E-state index is -0.394. The van der Waals surface area contributed by atoms with Crippen LogP contribution in [0.25, 0.3) is 17.0 Å². The third kappa shape index (κ3) is 5.02. The Balaban J connectivity index is 1.73. The number of halogens is 2. The smallest absolute Gasteiger partial charge is 0.239 e. The molecule has 33 heavy (non-hydrogen) atoms. The number of carbonyl (C=O) groups is 1. The van der Waals surface area contributed by atoms with Crippen molar-refractivity contribution >= 4 is 40.2 Å². The summed E-state index contributed by atoms with van der Waals surface area (Å²) in [4.78, 5) is 17.5. The van der Waals surface area contributed by atoms with Crippen molar-refractivity contribution in [1.82, 2.24) is 4.90 Å². The van der Waals surface area contributed by atoms with E-state index in [2.05, 4.69) is 4.90 Å². The third-order valence-electron chi connectivity index (χ3n) is 5.69. The second kappa shape index (κ2) is 9.89. The molecule has 0 radical (unpaired) electrons. The van der Waals surface area contributed by atoms with Gasteiger partial charge in [-0.1, -0.05) is 25.1 Å². The van der Waals surface area contributed by atoms with Crippen LogP contribution in [-0.4, -0.2) is 49.7 Å². The molecule has 3 aromatic rings. The van der Waals surface area contributed by atoms with Gasteiger partial charge in [-0.2, -0.15) is 4.73 Å². The number of piperazine rings is 1. The number of aromatic nitrogens is 1. The summed E-state index contributed by atoms with van der Waals surface area (Å²) in [5, 5.41) is 13.4. The van der Waals surface area contributed by atoms with Gasteiger partial charge in [0.25, 0.3) is 0 Å². The quantitative estimate of drug-likeness (QED) is 0.175. The first-order chi connectivity index (χ1) is 15.9. The number of hydrogen-bond acceptors (Lipinski definition) is 5. The Bertz CT molecular complexity index is 1210. The van der Waals surface area contributed by atoms with Gasteiger partial charge >= 0.3 is 0 Å². The number of nitrogens with zero attached hydrogens (tertiary/aromatic N) is 3. The highest BCUT2D eigenvalue weighted by molar-refractivity contribution is 7.99. The summed E-state index contributed by atoms with van der Waals surface area (Å²) in [6.45, 7) is 4.96. The molecule has 1 aliphatic heterocycles. The van der Waals surface area contributed by atoms with Gasteiger partial charge in [0.2, 0.25) is 5.52 Å². The predicted octanol–water partition coefficient (Wildman–Crippen LogP) is 4.51. The van der Waals surface area contributed by atoms with Crippen LogP contribution in [0, 0.1) is 16.8 Å². The zero-order valence-corrected chi connectivity index (χ0v) is 19.4. The minimum absolute atomic E-state index is 0.162. The first kappa shape index (κ1) is 23.2. The Morgan fingerprint density at radius 1 is 1.15 bits per heavy atom. The molecule has 1 saturated heterocycles. The number of benzene rings is 2. The Labute approximate surface area is 195 Å². The minimum Gasteiger partial charge on any atom is -0.618 e. The van der Waals surface area contributed by atoms with Crippen molar-refractivity contribution in [3.05, 3.63) is 76.6 Å². The molecule has 1 aliphatic rings. The molecule has 0 spiro atoms. The van der Waals surface area contributed by atoms with Crippen LogP contribution in [0.15, 0.2) is 53.6 Å². The van der Waals surface area contributed by atoms with Gasteiger partial charge in [-0.05, 0) is 48.7 Å². The van der Waals surface area contributed by atoms with E-state index in [-0.39, 0.29) is 17.2 Å². The van der Waals surface area contributed by atoms with Gasteiger partial charge < -0.3 is 15.0 Å². The molecule has 8 heteroatoms. The summed E-state index contributed by atoms with van der Waals surface area (Å²) in [6, 6.07) is 8.61. The van der Waals surface area contributed by atoms with E-state index in [0.29, 0.717) is 50.6 Å². The normalized spacial score (nSPS) is 15.0. The summed E-state index contributed by atoms with van der Waals surface area (Å²) < 4.78 is 29.1. The molecule has 0 amide bonds. The number of thioether (sulfide) groups is 1. The predicted molar refractivity (Wildman–Crippen MR) is 129 cm³/mol. The zero-order valence-electron chi connectivity index (χ0n) is 18.6. The average Bonchev–Trinajstić information content (AvgIpc) is 2.79. The van der Waals surface area contributed by atoms with Gasteiger partial charge in [-0.3, -0.25) is 4.79 Å². The van der Waals surface area contributed by atoms with Crippen molar-refractivity contribution < 1.29 is 18.3 Å². The number of ketones is 1. The lowest BCUT2D eigenvalue weighted by Gasteiger charge is -2.35. The Hall–Kier alpha value is -2.97. The monoisotopic (exact) mass is 469 g/mol. The number of allylic oxidation sites excluding steroid dienone is 1. The first-order valence-corrected chi connectivity index (χ1v) is 11.8. The highest BCUT2D eigenvalue weighted by Gasteiger charge is 2.27. The summed E-state index contributed by atoms with van der Waals surface area (Å²) in [5.41, 5.74) is 1.65. The lowest BCUT2D eigenvalue weighted by atomic mass is 10.1. The molecule has 4 rings (SSSR count). The van der Waals surface area contributed by atoms with Gasteiger partial charge in [0.05, 0.1) is 16.6 Å². The number of hydrogen-bond donors (Lipinski definition) is 0. The molecule has 0 saturated carbocycles. The molecule has 1 aromatic heterocycles. The first-order valence-electron chi connectivity index (χ1n) is 10.8. The molecule has 2 heterocycles. The lowest BCUT2D eigenvalue weighted by molar-refractivity contribution is -0.578. The average molecular weight is 470 g/mol. The highest BCUT2D eigenvalue weighted by Crippen LogP contribution is 2.38. The fourth-order valence-corrected chi connectivity index (χ4v) is 4.94. The number of rotatable bonds is 6. The van der Waals surface area contributed by atoms with E-state index in [1.165, 1.54) is 42.2 Å². The second-order valence-corrected chi connectivity index (χ2v) is 9.28. The van der Waals surface area contributed by atoms with Crippen molar-refractivity contribution in [2.24, 2.45) is 0 Å². The van der Waals surface area contributed by atoms with Crippen LogP contribution in [0.1, 0.15) is 22.8 Å². The van der Waals surface area contributed by atoms with Crippen LogP contribution in [0.2, 0.25) is 0 Å². The van der Waals surface area contributed by atoms with Gasteiger partial charge in [0.15, 0.2) is 12.0 Å². The summed E-state index contributed by atoms with van der Waals surface area (Å²) in [7, 11) is 2.03. The van der Waals surface area contributed by atoms with Crippen molar-refractivity contribution in [2.75, 3.05) is 43.9 Å². The van der Waals surface area contributed by atoms with E-state index < -0.39 is 5.82 Å². The van der Waals surface area contributed by atoms with Crippen LogP contribution in [0.5, 0.6) is 0 Å². The molecular weight excluding hydrogens is 444 g/mol. The maximum atomic E-state index is 15.3. The third-order valence-corrected chi connectivity index (χ3v) is 6.65. The molecule has 0 atom stereocenters. The molecule has 172 valence electrons. The molecule has 0 aliphatic carbocycles. The van der Waals surface area contributed by atoms with Gasteiger partial charge in [-0.25, -0.2) is 8.78 Å². The number of fused-ring (bicyclic) bond motifs is 1. The fraction of sp³-hybridized carbons (Fsp3) is 0.280. The van der Waals surface area contributed by atoms with E-state index in [9.17, 15) is 14.4 Å². The Morgan fingerprint density at radius 2 is 1.85 bits per heavy atom.